The first-order valence-corrected chi connectivity index (χ1v) is 8.71. The van der Waals surface area contributed by atoms with Crippen molar-refractivity contribution in [2.24, 2.45) is 5.73 Å². The van der Waals surface area contributed by atoms with E-state index in [1.54, 1.807) is 0 Å². The highest BCUT2D eigenvalue weighted by Gasteiger charge is 2.21. The summed E-state index contributed by atoms with van der Waals surface area (Å²) in [6.45, 7) is 7.28. The minimum Gasteiger partial charge on any atom is -0.492 e. The summed E-state index contributed by atoms with van der Waals surface area (Å²) < 4.78 is 11.1. The molecule has 0 aliphatic carbocycles. The van der Waals surface area contributed by atoms with Crippen LogP contribution in [0.2, 0.25) is 0 Å². The zero-order chi connectivity index (χ0) is 19.2. The molecule has 1 atom stereocenters. The van der Waals surface area contributed by atoms with Crippen molar-refractivity contribution in [3.63, 3.8) is 0 Å². The number of carboxylic acid groups (broad SMARTS) is 1. The molecule has 0 heterocycles. The van der Waals surface area contributed by atoms with Gasteiger partial charge in [0.15, 0.2) is 6.10 Å². The van der Waals surface area contributed by atoms with Gasteiger partial charge in [0, 0.05) is 13.0 Å². The lowest BCUT2D eigenvalue weighted by molar-refractivity contribution is -0.145. The molecule has 0 radical (unpaired) electrons. The molecule has 5 heteroatoms. The number of hydrogen-bond acceptors (Lipinski definition) is 4. The van der Waals surface area contributed by atoms with Crippen molar-refractivity contribution in [1.29, 1.82) is 0 Å². The molecule has 0 saturated carbocycles. The van der Waals surface area contributed by atoms with Crippen LogP contribution in [0.15, 0.2) is 48.5 Å². The maximum Gasteiger partial charge on any atom is 0.345 e. The van der Waals surface area contributed by atoms with Crippen LogP contribution < -0.4 is 15.2 Å². The molecule has 0 aliphatic heterocycles. The molecule has 140 valence electrons. The lowest BCUT2D eigenvalue weighted by Crippen LogP contribution is -2.29. The highest BCUT2D eigenvalue weighted by molar-refractivity contribution is 5.73. The van der Waals surface area contributed by atoms with E-state index in [1.165, 1.54) is 5.56 Å². The Morgan fingerprint density at radius 3 is 2.12 bits per heavy atom. The van der Waals surface area contributed by atoms with Crippen LogP contribution in [0.1, 0.15) is 31.9 Å². The Kier molecular flexibility index (Phi) is 6.64. The number of aliphatic carboxylic acids is 1. The van der Waals surface area contributed by atoms with Crippen LogP contribution >= 0.6 is 0 Å². The summed E-state index contributed by atoms with van der Waals surface area (Å²) in [6.07, 6.45) is -0.681. The van der Waals surface area contributed by atoms with Gasteiger partial charge in [-0.25, -0.2) is 4.79 Å². The van der Waals surface area contributed by atoms with Crippen LogP contribution in [-0.4, -0.2) is 30.3 Å². The van der Waals surface area contributed by atoms with Gasteiger partial charge < -0.3 is 20.3 Å². The molecule has 5 nitrogen and oxygen atoms in total. The Labute approximate surface area is 154 Å². The third-order valence-corrected chi connectivity index (χ3v) is 4.01. The van der Waals surface area contributed by atoms with Crippen molar-refractivity contribution in [3.8, 4) is 11.5 Å². The fourth-order valence-electron chi connectivity index (χ4n) is 2.49. The zero-order valence-electron chi connectivity index (χ0n) is 15.6. The lowest BCUT2D eigenvalue weighted by atomic mass is 9.87. The monoisotopic (exact) mass is 357 g/mol. The maximum atomic E-state index is 11.6. The molecule has 0 saturated heterocycles. The van der Waals surface area contributed by atoms with Crippen molar-refractivity contribution in [1.82, 2.24) is 0 Å². The van der Waals surface area contributed by atoms with Gasteiger partial charge in [-0.3, -0.25) is 0 Å². The summed E-state index contributed by atoms with van der Waals surface area (Å²) in [5, 5.41) is 9.49. The van der Waals surface area contributed by atoms with E-state index in [2.05, 4.69) is 20.8 Å². The summed E-state index contributed by atoms with van der Waals surface area (Å²) >= 11 is 0. The molecule has 0 aliphatic rings. The molecule has 2 aromatic carbocycles. The van der Waals surface area contributed by atoms with E-state index in [-0.39, 0.29) is 11.8 Å². The van der Waals surface area contributed by atoms with Crippen LogP contribution in [0, 0.1) is 0 Å². The second-order valence-electron chi connectivity index (χ2n) is 7.20. The average molecular weight is 357 g/mol. The van der Waals surface area contributed by atoms with Crippen LogP contribution in [-0.2, 0) is 16.6 Å². The van der Waals surface area contributed by atoms with Crippen LogP contribution in [0.5, 0.6) is 11.5 Å². The lowest BCUT2D eigenvalue weighted by Gasteiger charge is -2.20. The van der Waals surface area contributed by atoms with Crippen molar-refractivity contribution in [3.05, 3.63) is 59.7 Å². The third-order valence-electron chi connectivity index (χ3n) is 4.01. The van der Waals surface area contributed by atoms with E-state index >= 15 is 0 Å². The number of nitrogens with two attached hydrogens (primary N) is 1. The molecule has 0 bridgehead atoms. The van der Waals surface area contributed by atoms with Gasteiger partial charge in [0.05, 0.1) is 0 Å². The van der Waals surface area contributed by atoms with Crippen LogP contribution in [0.25, 0.3) is 0 Å². The number of carbonyl (C=O) groups is 1. The molecule has 0 aromatic heterocycles. The average Bonchev–Trinajstić information content (AvgIpc) is 2.60. The van der Waals surface area contributed by atoms with Crippen molar-refractivity contribution < 1.29 is 19.4 Å². The Bertz CT molecular complexity index is 702. The van der Waals surface area contributed by atoms with Gasteiger partial charge in [-0.15, -0.1) is 0 Å². The van der Waals surface area contributed by atoms with Gasteiger partial charge in [0.25, 0.3) is 0 Å². The quantitative estimate of drug-likeness (QED) is 0.757. The number of hydrogen-bond donors (Lipinski definition) is 2. The first-order chi connectivity index (χ1) is 12.3. The highest BCUT2D eigenvalue weighted by Crippen LogP contribution is 2.25. The molecular weight excluding hydrogens is 330 g/mol. The molecule has 3 N–H and O–H groups in total. The van der Waals surface area contributed by atoms with Gasteiger partial charge in [-0.2, -0.15) is 0 Å². The fraction of sp³-hybridized carbons (Fsp3) is 0.381. The fourth-order valence-corrected chi connectivity index (χ4v) is 2.49. The number of carboxylic acids is 1. The standard InChI is InChI=1S/C21H27NO4/c1-21(2,3)16-6-10-18(11-7-16)26-19(20(23)24)14-15-4-8-17(9-5-15)25-13-12-22/h4-11,19H,12-14,22H2,1-3H3,(H,23,24). The molecule has 2 rings (SSSR count). The molecule has 0 fully saturated rings. The summed E-state index contributed by atoms with van der Waals surface area (Å²) in [7, 11) is 0. The highest BCUT2D eigenvalue weighted by atomic mass is 16.5. The van der Waals surface area contributed by atoms with Gasteiger partial charge in [0.2, 0.25) is 0 Å². The maximum absolute atomic E-state index is 11.6. The Morgan fingerprint density at radius 2 is 1.62 bits per heavy atom. The summed E-state index contributed by atoms with van der Waals surface area (Å²) in [6, 6.07) is 14.9. The predicted molar refractivity (Wildman–Crippen MR) is 102 cm³/mol. The van der Waals surface area contributed by atoms with Gasteiger partial charge in [-0.1, -0.05) is 45.0 Å². The smallest absolute Gasteiger partial charge is 0.345 e. The van der Waals surface area contributed by atoms with E-state index in [0.29, 0.717) is 24.7 Å². The Balaban J connectivity index is 2.03. The first-order valence-electron chi connectivity index (χ1n) is 8.71. The number of ether oxygens (including phenoxy) is 2. The minimum absolute atomic E-state index is 0.0401. The summed E-state index contributed by atoms with van der Waals surface area (Å²) in [5.74, 6) is 0.270. The van der Waals surface area contributed by atoms with Gasteiger partial charge >= 0.3 is 5.97 Å². The van der Waals surface area contributed by atoms with Crippen molar-refractivity contribution in [2.75, 3.05) is 13.2 Å². The Hall–Kier alpha value is -2.53. The largest absolute Gasteiger partial charge is 0.492 e. The SMILES string of the molecule is CC(C)(C)c1ccc(OC(Cc2ccc(OCCN)cc2)C(=O)O)cc1. The van der Waals surface area contributed by atoms with Crippen LogP contribution in [0.4, 0.5) is 0 Å². The van der Waals surface area contributed by atoms with E-state index in [1.807, 2.05) is 48.5 Å². The third kappa shape index (κ3) is 5.77. The van der Waals surface area contributed by atoms with Gasteiger partial charge in [0.1, 0.15) is 18.1 Å². The number of rotatable bonds is 8. The van der Waals surface area contributed by atoms with E-state index in [0.717, 1.165) is 5.56 Å². The molecule has 0 spiro atoms. The Morgan fingerprint density at radius 1 is 1.04 bits per heavy atom. The normalized spacial score (nSPS) is 12.5. The first kappa shape index (κ1) is 19.8. The summed E-state index contributed by atoms with van der Waals surface area (Å²) in [5.41, 5.74) is 7.48. The van der Waals surface area contributed by atoms with Crippen LogP contribution in [0.3, 0.4) is 0 Å². The van der Waals surface area contributed by atoms with E-state index in [4.69, 9.17) is 15.2 Å². The molecule has 2 aromatic rings. The van der Waals surface area contributed by atoms with E-state index < -0.39 is 12.1 Å². The molecule has 0 amide bonds. The molecule has 26 heavy (non-hydrogen) atoms. The molecule has 1 unspecified atom stereocenters. The van der Waals surface area contributed by atoms with Gasteiger partial charge in [-0.05, 0) is 40.8 Å². The zero-order valence-corrected chi connectivity index (χ0v) is 15.6. The topological polar surface area (TPSA) is 81.8 Å². The predicted octanol–water partition coefficient (Wildman–Crippen LogP) is 3.40. The molecular formula is C21H27NO4. The second kappa shape index (κ2) is 8.72. The van der Waals surface area contributed by atoms with Crippen molar-refractivity contribution >= 4 is 5.97 Å². The summed E-state index contributed by atoms with van der Waals surface area (Å²) in [4.78, 5) is 11.6. The second-order valence-corrected chi connectivity index (χ2v) is 7.20. The van der Waals surface area contributed by atoms with Crippen molar-refractivity contribution in [2.45, 2.75) is 38.7 Å². The minimum atomic E-state index is -0.992. The number of benzene rings is 2. The van der Waals surface area contributed by atoms with E-state index in [9.17, 15) is 9.90 Å².